The van der Waals surface area contributed by atoms with E-state index in [2.05, 4.69) is 73.7 Å². The minimum absolute atomic E-state index is 0.442. The maximum absolute atomic E-state index is 5.07. The van der Waals surface area contributed by atoms with E-state index in [1.54, 1.807) is 0 Å². The summed E-state index contributed by atoms with van der Waals surface area (Å²) in [5.41, 5.74) is 9.16. The van der Waals surface area contributed by atoms with Crippen molar-refractivity contribution in [1.29, 1.82) is 0 Å². The fourth-order valence-electron chi connectivity index (χ4n) is 5.04. The standard InChI is InChI=1S/C27H43N/c1-9-16-27(7,8)17-15-23(11-3)26-20(5)19(4)25(18-28-26)24-14-12-13-22(10-2)21(24)6/h12-13,18,23-24H,9-11,14-17H2,1-8H3. The minimum Gasteiger partial charge on any atom is -0.260 e. The zero-order chi connectivity index (χ0) is 20.9. The number of nitrogens with zero attached hydrogens (tertiary/aromatic N) is 1. The molecule has 1 aromatic rings. The molecule has 1 heteroatoms. The van der Waals surface area contributed by atoms with Crippen molar-refractivity contribution in [1.82, 2.24) is 4.98 Å². The molecule has 0 fully saturated rings. The van der Waals surface area contributed by atoms with Gasteiger partial charge in [0, 0.05) is 23.7 Å². The predicted octanol–water partition coefficient (Wildman–Crippen LogP) is 8.57. The average Bonchev–Trinajstić information content (AvgIpc) is 2.66. The molecule has 0 N–H and O–H groups in total. The van der Waals surface area contributed by atoms with Crippen molar-refractivity contribution in [2.75, 3.05) is 0 Å². The molecule has 1 heterocycles. The molecule has 1 aromatic heterocycles. The van der Waals surface area contributed by atoms with E-state index in [9.17, 15) is 0 Å². The maximum Gasteiger partial charge on any atom is 0.0466 e. The van der Waals surface area contributed by atoms with Crippen LogP contribution in [-0.2, 0) is 0 Å². The van der Waals surface area contributed by atoms with Gasteiger partial charge in [0.25, 0.3) is 0 Å². The molecule has 28 heavy (non-hydrogen) atoms. The first kappa shape index (κ1) is 22.9. The molecular formula is C27H43N. The third-order valence-corrected chi connectivity index (χ3v) is 7.17. The highest BCUT2D eigenvalue weighted by Gasteiger charge is 2.25. The Kier molecular flexibility index (Phi) is 8.10. The maximum atomic E-state index is 5.07. The molecule has 2 rings (SSSR count). The third-order valence-electron chi connectivity index (χ3n) is 7.17. The summed E-state index contributed by atoms with van der Waals surface area (Å²) in [6, 6.07) is 0. The summed E-state index contributed by atoms with van der Waals surface area (Å²) in [5, 5.41) is 0. The van der Waals surface area contributed by atoms with Gasteiger partial charge in [-0.25, -0.2) is 0 Å². The molecule has 0 saturated heterocycles. The van der Waals surface area contributed by atoms with Gasteiger partial charge in [-0.05, 0) is 87.0 Å². The normalized spacial score (nSPS) is 18.6. The Morgan fingerprint density at radius 3 is 2.39 bits per heavy atom. The van der Waals surface area contributed by atoms with E-state index >= 15 is 0 Å². The molecule has 1 aliphatic rings. The van der Waals surface area contributed by atoms with Crippen molar-refractivity contribution >= 4 is 0 Å². The highest BCUT2D eigenvalue weighted by molar-refractivity contribution is 5.45. The summed E-state index contributed by atoms with van der Waals surface area (Å²) in [6.45, 7) is 18.7. The van der Waals surface area contributed by atoms with E-state index < -0.39 is 0 Å². The van der Waals surface area contributed by atoms with Gasteiger partial charge in [-0.3, -0.25) is 4.98 Å². The first-order chi connectivity index (χ1) is 13.3. The van der Waals surface area contributed by atoms with Crippen molar-refractivity contribution in [3.63, 3.8) is 0 Å². The van der Waals surface area contributed by atoms with Crippen molar-refractivity contribution < 1.29 is 0 Å². The Bertz CT molecular complexity index is 720. The second kappa shape index (κ2) is 9.90. The van der Waals surface area contributed by atoms with E-state index in [0.717, 1.165) is 12.8 Å². The smallest absolute Gasteiger partial charge is 0.0466 e. The van der Waals surface area contributed by atoms with Gasteiger partial charge in [0.05, 0.1) is 0 Å². The Hall–Kier alpha value is -1.37. The van der Waals surface area contributed by atoms with Crippen LogP contribution in [-0.4, -0.2) is 4.98 Å². The molecule has 156 valence electrons. The second-order valence-electron chi connectivity index (χ2n) is 9.66. The lowest BCUT2D eigenvalue weighted by atomic mass is 9.78. The van der Waals surface area contributed by atoms with Gasteiger partial charge in [-0.1, -0.05) is 58.8 Å². The molecule has 0 radical (unpaired) electrons. The van der Waals surface area contributed by atoms with E-state index in [4.69, 9.17) is 4.98 Å². The molecule has 0 bridgehead atoms. The number of hydrogen-bond donors (Lipinski definition) is 0. The number of hydrogen-bond acceptors (Lipinski definition) is 1. The summed E-state index contributed by atoms with van der Waals surface area (Å²) in [5.74, 6) is 1.08. The molecule has 0 aliphatic heterocycles. The Balaban J connectivity index is 2.27. The summed E-state index contributed by atoms with van der Waals surface area (Å²) >= 11 is 0. The first-order valence-electron chi connectivity index (χ1n) is 11.6. The minimum atomic E-state index is 0.442. The van der Waals surface area contributed by atoms with Crippen LogP contribution in [0.15, 0.2) is 29.5 Å². The lowest BCUT2D eigenvalue weighted by molar-refractivity contribution is 0.283. The van der Waals surface area contributed by atoms with Gasteiger partial charge in [0.15, 0.2) is 0 Å². The third kappa shape index (κ3) is 5.16. The van der Waals surface area contributed by atoms with E-state index in [1.807, 2.05) is 0 Å². The van der Waals surface area contributed by atoms with Crippen LogP contribution in [0.2, 0.25) is 0 Å². The van der Waals surface area contributed by atoms with Crippen molar-refractivity contribution in [2.24, 2.45) is 5.41 Å². The van der Waals surface area contributed by atoms with E-state index in [0.29, 0.717) is 17.3 Å². The number of aromatic nitrogens is 1. The molecule has 0 amide bonds. The summed E-state index contributed by atoms with van der Waals surface area (Å²) in [6.07, 6.45) is 15.4. The van der Waals surface area contributed by atoms with Gasteiger partial charge < -0.3 is 0 Å². The fraction of sp³-hybridized carbons (Fsp3) is 0.667. The number of allylic oxidation sites excluding steroid dienone is 4. The molecule has 0 saturated carbocycles. The van der Waals surface area contributed by atoms with Crippen LogP contribution in [0.25, 0.3) is 0 Å². The van der Waals surface area contributed by atoms with Gasteiger partial charge in [-0.15, -0.1) is 0 Å². The van der Waals surface area contributed by atoms with Crippen LogP contribution < -0.4 is 0 Å². The van der Waals surface area contributed by atoms with Crippen LogP contribution in [0.5, 0.6) is 0 Å². The molecular weight excluding hydrogens is 338 g/mol. The van der Waals surface area contributed by atoms with Crippen LogP contribution in [0, 0.1) is 19.3 Å². The van der Waals surface area contributed by atoms with Crippen molar-refractivity contribution in [3.8, 4) is 0 Å². The lowest BCUT2D eigenvalue weighted by Crippen LogP contribution is -2.15. The lowest BCUT2D eigenvalue weighted by Gasteiger charge is -2.29. The van der Waals surface area contributed by atoms with Gasteiger partial charge >= 0.3 is 0 Å². The predicted molar refractivity (Wildman–Crippen MR) is 124 cm³/mol. The molecule has 0 spiro atoms. The van der Waals surface area contributed by atoms with Crippen LogP contribution in [0.1, 0.15) is 121 Å². The van der Waals surface area contributed by atoms with Crippen molar-refractivity contribution in [2.45, 2.75) is 112 Å². The number of rotatable bonds is 9. The van der Waals surface area contributed by atoms with E-state index in [1.165, 1.54) is 65.6 Å². The Morgan fingerprint density at radius 2 is 1.79 bits per heavy atom. The van der Waals surface area contributed by atoms with Gasteiger partial charge in [0.1, 0.15) is 0 Å². The summed E-state index contributed by atoms with van der Waals surface area (Å²) in [7, 11) is 0. The zero-order valence-corrected chi connectivity index (χ0v) is 19.8. The van der Waals surface area contributed by atoms with Gasteiger partial charge in [-0.2, -0.15) is 0 Å². The van der Waals surface area contributed by atoms with Crippen LogP contribution in [0.3, 0.4) is 0 Å². The highest BCUT2D eigenvalue weighted by Crippen LogP contribution is 2.39. The quantitative estimate of drug-likeness (QED) is 0.417. The van der Waals surface area contributed by atoms with E-state index in [-0.39, 0.29) is 0 Å². The first-order valence-corrected chi connectivity index (χ1v) is 11.6. The van der Waals surface area contributed by atoms with Gasteiger partial charge in [0.2, 0.25) is 0 Å². The SMILES string of the molecule is CCCC(C)(C)CCC(CC)c1ncc(C2CC=CC(CC)=C2C)c(C)c1C. The van der Waals surface area contributed by atoms with Crippen LogP contribution in [0.4, 0.5) is 0 Å². The molecule has 2 atom stereocenters. The molecule has 1 nitrogen and oxygen atoms in total. The Labute approximate surface area is 174 Å². The molecule has 2 unspecified atom stereocenters. The average molecular weight is 382 g/mol. The second-order valence-corrected chi connectivity index (χ2v) is 9.66. The topological polar surface area (TPSA) is 12.9 Å². The summed E-state index contributed by atoms with van der Waals surface area (Å²) in [4.78, 5) is 5.07. The largest absolute Gasteiger partial charge is 0.260 e. The highest BCUT2D eigenvalue weighted by atomic mass is 14.7. The monoisotopic (exact) mass is 381 g/mol. The fourth-order valence-corrected chi connectivity index (χ4v) is 5.04. The number of pyridine rings is 1. The van der Waals surface area contributed by atoms with Crippen molar-refractivity contribution in [3.05, 3.63) is 51.9 Å². The molecule has 0 aromatic carbocycles. The zero-order valence-electron chi connectivity index (χ0n) is 19.8. The Morgan fingerprint density at radius 1 is 1.07 bits per heavy atom. The molecule has 1 aliphatic carbocycles. The van der Waals surface area contributed by atoms with Crippen LogP contribution >= 0.6 is 0 Å². The summed E-state index contributed by atoms with van der Waals surface area (Å²) < 4.78 is 0.